The van der Waals surface area contributed by atoms with Gasteiger partial charge in [0, 0.05) is 0 Å². The van der Waals surface area contributed by atoms with E-state index >= 15 is 0 Å². The van der Waals surface area contributed by atoms with Gasteiger partial charge in [0.25, 0.3) is 0 Å². The van der Waals surface area contributed by atoms with E-state index in [9.17, 15) is 9.59 Å². The Morgan fingerprint density at radius 2 is 2.25 bits per heavy atom. The molecule has 0 spiro atoms. The molecule has 9 heteroatoms. The molecule has 0 saturated heterocycles. The minimum atomic E-state index is -0.966. The average molecular weight is 227 g/mol. The van der Waals surface area contributed by atoms with Crippen LogP contribution in [0.25, 0.3) is 0 Å². The molecule has 1 heterocycles. The number of aromatic nitrogens is 4. The van der Waals surface area contributed by atoms with Crippen LogP contribution in [-0.2, 0) is 9.59 Å². The second-order valence-corrected chi connectivity index (χ2v) is 3.28. The molecule has 1 rings (SSSR count). The topological polar surface area (TPSA) is 153 Å². The highest BCUT2D eigenvalue weighted by Gasteiger charge is 2.20. The molecule has 0 bridgehead atoms. The molecular weight excluding hydrogens is 214 g/mol. The molecule has 6 N–H and O–H groups in total. The largest absolute Gasteiger partial charge is 0.370 e. The fourth-order valence-electron chi connectivity index (χ4n) is 1.05. The maximum absolute atomic E-state index is 11.5. The summed E-state index contributed by atoms with van der Waals surface area (Å²) in [6, 6.07) is -1.41. The molecule has 0 aliphatic carbocycles. The zero-order valence-corrected chi connectivity index (χ0v) is 8.67. The van der Waals surface area contributed by atoms with Crippen LogP contribution in [0.2, 0.25) is 0 Å². The molecule has 2 unspecified atom stereocenters. The first-order valence-corrected chi connectivity index (χ1v) is 4.58. The van der Waals surface area contributed by atoms with Gasteiger partial charge in [-0.1, -0.05) is 5.21 Å². The Balaban J connectivity index is 2.48. The summed E-state index contributed by atoms with van der Waals surface area (Å²) in [5, 5.41) is 15.5. The maximum Gasteiger partial charge on any atom is 0.238 e. The molecule has 0 aromatic carbocycles. The van der Waals surface area contributed by atoms with E-state index in [1.807, 2.05) is 0 Å². The Labute approximate surface area is 90.9 Å². The van der Waals surface area contributed by atoms with Crippen molar-refractivity contribution in [1.82, 2.24) is 25.9 Å². The number of aromatic amines is 1. The second kappa shape index (κ2) is 5.16. The molecular formula is C7H13N7O2. The fraction of sp³-hybridized carbons (Fsp3) is 0.571. The third-order valence-electron chi connectivity index (χ3n) is 1.87. The number of nitrogens with one attached hydrogen (secondary N) is 2. The zero-order chi connectivity index (χ0) is 12.1. The van der Waals surface area contributed by atoms with E-state index in [0.29, 0.717) is 5.82 Å². The summed E-state index contributed by atoms with van der Waals surface area (Å²) in [7, 11) is 0. The molecule has 16 heavy (non-hydrogen) atoms. The first-order valence-electron chi connectivity index (χ1n) is 4.58. The molecule has 88 valence electrons. The number of primary amides is 1. The first kappa shape index (κ1) is 12.0. The summed E-state index contributed by atoms with van der Waals surface area (Å²) < 4.78 is 0. The molecule has 0 radical (unpaired) electrons. The number of carbonyl (C=O) groups excluding carboxylic acids is 2. The van der Waals surface area contributed by atoms with E-state index in [0.717, 1.165) is 0 Å². The number of hydrogen-bond acceptors (Lipinski definition) is 6. The molecule has 0 aliphatic heterocycles. The van der Waals surface area contributed by atoms with Gasteiger partial charge in [0.15, 0.2) is 5.82 Å². The number of hydrogen-bond donors (Lipinski definition) is 4. The van der Waals surface area contributed by atoms with Crippen LogP contribution < -0.4 is 16.8 Å². The third-order valence-corrected chi connectivity index (χ3v) is 1.87. The summed E-state index contributed by atoms with van der Waals surface area (Å²) in [6.45, 7) is 1.67. The Morgan fingerprint density at radius 3 is 2.75 bits per heavy atom. The lowest BCUT2D eigenvalue weighted by Crippen LogP contribution is -2.44. The van der Waals surface area contributed by atoms with E-state index in [2.05, 4.69) is 25.9 Å². The zero-order valence-electron chi connectivity index (χ0n) is 8.67. The van der Waals surface area contributed by atoms with E-state index < -0.39 is 23.9 Å². The van der Waals surface area contributed by atoms with Gasteiger partial charge in [0.1, 0.15) is 0 Å². The van der Waals surface area contributed by atoms with E-state index in [-0.39, 0.29) is 6.42 Å². The third kappa shape index (κ3) is 3.28. The molecule has 0 aliphatic rings. The molecule has 2 amide bonds. The monoisotopic (exact) mass is 227 g/mol. The maximum atomic E-state index is 11.5. The van der Waals surface area contributed by atoms with Crippen molar-refractivity contribution in [2.75, 3.05) is 0 Å². The number of rotatable bonds is 5. The van der Waals surface area contributed by atoms with Gasteiger partial charge in [-0.3, -0.25) is 9.59 Å². The van der Waals surface area contributed by atoms with Crippen molar-refractivity contribution in [3.63, 3.8) is 0 Å². The molecule has 0 saturated carbocycles. The van der Waals surface area contributed by atoms with Crippen LogP contribution in [0.15, 0.2) is 0 Å². The number of tetrazole rings is 1. The lowest BCUT2D eigenvalue weighted by atomic mass is 10.2. The number of amides is 2. The number of nitrogens with two attached hydrogens (primary N) is 2. The van der Waals surface area contributed by atoms with Crippen molar-refractivity contribution in [3.8, 4) is 0 Å². The van der Waals surface area contributed by atoms with Gasteiger partial charge in [0.05, 0.1) is 18.5 Å². The van der Waals surface area contributed by atoms with Crippen LogP contribution in [0.5, 0.6) is 0 Å². The predicted octanol–water partition coefficient (Wildman–Crippen LogP) is -2.42. The lowest BCUT2D eigenvalue weighted by Gasteiger charge is -2.13. The van der Waals surface area contributed by atoms with Crippen molar-refractivity contribution in [2.45, 2.75) is 25.4 Å². The number of H-pyrrole nitrogens is 1. The van der Waals surface area contributed by atoms with Crippen LogP contribution in [0, 0.1) is 0 Å². The van der Waals surface area contributed by atoms with Crippen LogP contribution in [-0.4, -0.2) is 38.5 Å². The van der Waals surface area contributed by atoms with Gasteiger partial charge in [0.2, 0.25) is 11.8 Å². The molecule has 0 fully saturated rings. The van der Waals surface area contributed by atoms with Crippen LogP contribution in [0.1, 0.15) is 25.2 Å². The van der Waals surface area contributed by atoms with E-state index in [1.54, 1.807) is 6.92 Å². The number of carbonyl (C=O) groups is 2. The fourth-order valence-corrected chi connectivity index (χ4v) is 1.05. The Kier molecular flexibility index (Phi) is 3.89. The summed E-state index contributed by atoms with van der Waals surface area (Å²) in [4.78, 5) is 22.0. The predicted molar refractivity (Wildman–Crippen MR) is 52.5 cm³/mol. The van der Waals surface area contributed by atoms with Crippen molar-refractivity contribution in [1.29, 1.82) is 0 Å². The molecule has 1 aromatic rings. The van der Waals surface area contributed by atoms with Crippen molar-refractivity contribution >= 4 is 11.8 Å². The number of nitrogens with zero attached hydrogens (tertiary/aromatic N) is 3. The Morgan fingerprint density at radius 1 is 1.56 bits per heavy atom. The van der Waals surface area contributed by atoms with Gasteiger partial charge < -0.3 is 16.8 Å². The highest BCUT2D eigenvalue weighted by Crippen LogP contribution is 2.03. The highest BCUT2D eigenvalue weighted by molar-refractivity contribution is 5.87. The van der Waals surface area contributed by atoms with Crippen LogP contribution >= 0.6 is 0 Å². The summed E-state index contributed by atoms with van der Waals surface area (Å²) in [6.07, 6.45) is -0.204. The highest BCUT2D eigenvalue weighted by atomic mass is 16.2. The van der Waals surface area contributed by atoms with Crippen molar-refractivity contribution in [2.24, 2.45) is 11.5 Å². The van der Waals surface area contributed by atoms with Crippen molar-refractivity contribution < 1.29 is 9.59 Å². The molecule has 2 atom stereocenters. The average Bonchev–Trinajstić information content (AvgIpc) is 2.68. The summed E-state index contributed by atoms with van der Waals surface area (Å²) in [5.74, 6) is -0.786. The summed E-state index contributed by atoms with van der Waals surface area (Å²) >= 11 is 0. The molecule has 1 aromatic heterocycles. The van der Waals surface area contributed by atoms with Crippen LogP contribution in [0.4, 0.5) is 0 Å². The van der Waals surface area contributed by atoms with Gasteiger partial charge in [-0.15, -0.1) is 10.2 Å². The Hall–Kier alpha value is -2.03. The van der Waals surface area contributed by atoms with Gasteiger partial charge in [-0.05, 0) is 6.92 Å². The van der Waals surface area contributed by atoms with Crippen molar-refractivity contribution in [3.05, 3.63) is 5.82 Å². The van der Waals surface area contributed by atoms with Gasteiger partial charge >= 0.3 is 0 Å². The van der Waals surface area contributed by atoms with E-state index in [1.165, 1.54) is 0 Å². The lowest BCUT2D eigenvalue weighted by molar-refractivity contribution is -0.126. The first-order chi connectivity index (χ1) is 7.50. The summed E-state index contributed by atoms with van der Waals surface area (Å²) in [5.41, 5.74) is 10.4. The normalized spacial score (nSPS) is 14.1. The Bertz CT molecular complexity index is 363. The van der Waals surface area contributed by atoms with Gasteiger partial charge in [-0.2, -0.15) is 5.21 Å². The minimum Gasteiger partial charge on any atom is -0.370 e. The quantitative estimate of drug-likeness (QED) is 0.439. The second-order valence-electron chi connectivity index (χ2n) is 3.28. The minimum absolute atomic E-state index is 0.204. The molecule has 9 nitrogen and oxygen atoms in total. The SMILES string of the molecule is CC(NC(=O)C(N)CC(N)=O)c1nn[nH]n1. The standard InChI is InChI=1S/C7H13N7O2/c1-3(6-11-13-14-12-6)10-7(16)4(8)2-5(9)15/h3-4H,2,8H2,1H3,(H2,9,15)(H,10,16)(H,11,12,13,14). The smallest absolute Gasteiger partial charge is 0.238 e. The van der Waals surface area contributed by atoms with Gasteiger partial charge in [-0.25, -0.2) is 0 Å². The van der Waals surface area contributed by atoms with Crippen LogP contribution in [0.3, 0.4) is 0 Å². The van der Waals surface area contributed by atoms with E-state index in [4.69, 9.17) is 11.5 Å².